The van der Waals surface area contributed by atoms with Gasteiger partial charge in [0, 0.05) is 37.0 Å². The number of amides is 3. The van der Waals surface area contributed by atoms with Gasteiger partial charge in [-0.05, 0) is 54.4 Å². The van der Waals surface area contributed by atoms with Crippen molar-refractivity contribution in [3.8, 4) is 0 Å². The van der Waals surface area contributed by atoms with Crippen LogP contribution >= 0.6 is 0 Å². The Hall–Kier alpha value is -3.19. The lowest BCUT2D eigenvalue weighted by Crippen LogP contribution is -2.33. The second kappa shape index (κ2) is 11.9. The molecule has 2 aromatic rings. The predicted molar refractivity (Wildman–Crippen MR) is 124 cm³/mol. The van der Waals surface area contributed by atoms with Gasteiger partial charge in [0.25, 0.3) is 5.91 Å². The highest BCUT2D eigenvalue weighted by Gasteiger charge is 2.12. The molecule has 0 saturated heterocycles. The first kappa shape index (κ1) is 24.1. The van der Waals surface area contributed by atoms with Gasteiger partial charge in [-0.2, -0.15) is 0 Å². The van der Waals surface area contributed by atoms with Crippen LogP contribution in [0.4, 0.5) is 11.4 Å². The van der Waals surface area contributed by atoms with E-state index in [-0.39, 0.29) is 24.3 Å². The van der Waals surface area contributed by atoms with Crippen molar-refractivity contribution >= 4 is 29.1 Å². The maximum Gasteiger partial charge on any atom is 0.251 e. The minimum Gasteiger partial charge on any atom is -0.352 e. The Balaban J connectivity index is 1.92. The molecule has 0 aliphatic carbocycles. The van der Waals surface area contributed by atoms with Crippen LogP contribution in [0.1, 0.15) is 43.6 Å². The third kappa shape index (κ3) is 8.60. The molecule has 0 aliphatic heterocycles. The smallest absolute Gasteiger partial charge is 0.251 e. The minimum atomic E-state index is -0.142. The van der Waals surface area contributed by atoms with Crippen LogP contribution in [0.2, 0.25) is 0 Å². The average Bonchev–Trinajstić information content (AvgIpc) is 2.72. The van der Waals surface area contributed by atoms with Crippen molar-refractivity contribution in [1.82, 2.24) is 10.2 Å². The molecule has 0 bridgehead atoms. The van der Waals surface area contributed by atoms with Crippen molar-refractivity contribution in [1.29, 1.82) is 0 Å². The molecule has 0 spiro atoms. The maximum atomic E-state index is 12.5. The number of anilines is 2. The number of hydrogen-bond acceptors (Lipinski definition) is 4. The quantitative estimate of drug-likeness (QED) is 0.545. The fourth-order valence-electron chi connectivity index (χ4n) is 2.99. The molecule has 0 atom stereocenters. The van der Waals surface area contributed by atoms with E-state index >= 15 is 0 Å². The van der Waals surface area contributed by atoms with Gasteiger partial charge in [-0.1, -0.05) is 32.9 Å². The number of benzene rings is 2. The molecule has 166 valence electrons. The standard InChI is InChI=1S/C24H32N4O3/c1-5-28(15-19-7-6-8-20(13-19)24(31)25-14-17(2)3)16-23(30)27-22-11-9-21(10-12-22)26-18(4)29/h6-13,17H,5,14-16H2,1-4H3,(H,25,31)(H,26,29)(H,27,30). The molecule has 0 saturated carbocycles. The van der Waals surface area contributed by atoms with Gasteiger partial charge in [0.05, 0.1) is 6.54 Å². The van der Waals surface area contributed by atoms with Crippen molar-refractivity contribution in [2.75, 3.05) is 30.3 Å². The summed E-state index contributed by atoms with van der Waals surface area (Å²) in [5.41, 5.74) is 2.95. The summed E-state index contributed by atoms with van der Waals surface area (Å²) in [5.74, 6) is 0.0404. The fourth-order valence-corrected chi connectivity index (χ4v) is 2.99. The molecular weight excluding hydrogens is 392 g/mol. The number of carbonyl (C=O) groups is 3. The molecule has 0 radical (unpaired) electrons. The Labute approximate surface area is 184 Å². The Morgan fingerprint density at radius 3 is 2.19 bits per heavy atom. The lowest BCUT2D eigenvalue weighted by atomic mass is 10.1. The summed E-state index contributed by atoms with van der Waals surface area (Å²) in [6.45, 7) is 9.67. The summed E-state index contributed by atoms with van der Waals surface area (Å²) in [5, 5.41) is 8.49. The zero-order valence-electron chi connectivity index (χ0n) is 18.7. The summed E-state index contributed by atoms with van der Waals surface area (Å²) in [6.07, 6.45) is 0. The van der Waals surface area contributed by atoms with Crippen LogP contribution in [0, 0.1) is 5.92 Å². The Bertz CT molecular complexity index is 894. The van der Waals surface area contributed by atoms with E-state index in [9.17, 15) is 14.4 Å². The number of rotatable bonds is 10. The third-order valence-corrected chi connectivity index (χ3v) is 4.57. The Morgan fingerprint density at radius 2 is 1.61 bits per heavy atom. The van der Waals surface area contributed by atoms with E-state index in [0.29, 0.717) is 42.5 Å². The average molecular weight is 425 g/mol. The van der Waals surface area contributed by atoms with Crippen LogP contribution in [0.5, 0.6) is 0 Å². The van der Waals surface area contributed by atoms with Gasteiger partial charge in [-0.25, -0.2) is 0 Å². The number of nitrogens with zero attached hydrogens (tertiary/aromatic N) is 1. The predicted octanol–water partition coefficient (Wildman–Crippen LogP) is 3.49. The molecule has 0 aliphatic rings. The number of nitrogens with one attached hydrogen (secondary N) is 3. The molecule has 7 heteroatoms. The van der Waals surface area contributed by atoms with Gasteiger partial charge in [0.2, 0.25) is 11.8 Å². The summed E-state index contributed by atoms with van der Waals surface area (Å²) in [4.78, 5) is 37.9. The monoisotopic (exact) mass is 424 g/mol. The van der Waals surface area contributed by atoms with Crippen LogP contribution in [0.25, 0.3) is 0 Å². The number of carbonyl (C=O) groups excluding carboxylic acids is 3. The van der Waals surface area contributed by atoms with E-state index in [2.05, 4.69) is 29.8 Å². The zero-order chi connectivity index (χ0) is 22.8. The van der Waals surface area contributed by atoms with Gasteiger partial charge in [-0.15, -0.1) is 0 Å². The summed E-state index contributed by atoms with van der Waals surface area (Å²) >= 11 is 0. The van der Waals surface area contributed by atoms with Crippen molar-refractivity contribution in [2.24, 2.45) is 5.92 Å². The highest BCUT2D eigenvalue weighted by Crippen LogP contribution is 2.14. The Kier molecular flexibility index (Phi) is 9.21. The zero-order valence-corrected chi connectivity index (χ0v) is 18.7. The third-order valence-electron chi connectivity index (χ3n) is 4.57. The van der Waals surface area contributed by atoms with Crippen LogP contribution < -0.4 is 16.0 Å². The summed E-state index contributed by atoms with van der Waals surface area (Å²) in [7, 11) is 0. The summed E-state index contributed by atoms with van der Waals surface area (Å²) in [6, 6.07) is 14.5. The van der Waals surface area contributed by atoms with E-state index in [1.54, 1.807) is 30.3 Å². The number of hydrogen-bond donors (Lipinski definition) is 3. The molecule has 3 amide bonds. The molecule has 7 nitrogen and oxygen atoms in total. The second-order valence-electron chi connectivity index (χ2n) is 7.91. The van der Waals surface area contributed by atoms with Crippen molar-refractivity contribution in [3.63, 3.8) is 0 Å². The van der Waals surface area contributed by atoms with Crippen LogP contribution in [0.15, 0.2) is 48.5 Å². The molecule has 0 heterocycles. The Morgan fingerprint density at radius 1 is 0.968 bits per heavy atom. The molecule has 2 aromatic carbocycles. The first-order chi connectivity index (χ1) is 14.8. The van der Waals surface area contributed by atoms with Crippen molar-refractivity contribution in [3.05, 3.63) is 59.7 Å². The lowest BCUT2D eigenvalue weighted by molar-refractivity contribution is -0.117. The van der Waals surface area contributed by atoms with E-state index in [0.717, 1.165) is 5.56 Å². The van der Waals surface area contributed by atoms with Gasteiger partial charge in [0.1, 0.15) is 0 Å². The molecule has 0 aromatic heterocycles. The first-order valence-electron chi connectivity index (χ1n) is 10.5. The largest absolute Gasteiger partial charge is 0.352 e. The van der Waals surface area contributed by atoms with E-state index in [4.69, 9.17) is 0 Å². The fraction of sp³-hybridized carbons (Fsp3) is 0.375. The maximum absolute atomic E-state index is 12.5. The molecule has 0 unspecified atom stereocenters. The normalized spacial score (nSPS) is 10.8. The lowest BCUT2D eigenvalue weighted by Gasteiger charge is -2.20. The molecule has 31 heavy (non-hydrogen) atoms. The van der Waals surface area contributed by atoms with Crippen molar-refractivity contribution in [2.45, 2.75) is 34.2 Å². The first-order valence-corrected chi connectivity index (χ1v) is 10.5. The van der Waals surface area contributed by atoms with Crippen LogP contribution in [-0.4, -0.2) is 42.3 Å². The van der Waals surface area contributed by atoms with Crippen LogP contribution in [-0.2, 0) is 16.1 Å². The topological polar surface area (TPSA) is 90.5 Å². The number of likely N-dealkylation sites (N-methyl/N-ethyl adjacent to an activating group) is 1. The van der Waals surface area contributed by atoms with E-state index in [1.165, 1.54) is 6.92 Å². The minimum absolute atomic E-state index is 0.0842. The summed E-state index contributed by atoms with van der Waals surface area (Å²) < 4.78 is 0. The van der Waals surface area contributed by atoms with Gasteiger partial charge in [-0.3, -0.25) is 19.3 Å². The molecule has 2 rings (SSSR count). The van der Waals surface area contributed by atoms with Crippen molar-refractivity contribution < 1.29 is 14.4 Å². The van der Waals surface area contributed by atoms with Gasteiger partial charge < -0.3 is 16.0 Å². The molecular formula is C24H32N4O3. The molecule has 3 N–H and O–H groups in total. The molecule has 0 fully saturated rings. The van der Waals surface area contributed by atoms with Gasteiger partial charge >= 0.3 is 0 Å². The van der Waals surface area contributed by atoms with Gasteiger partial charge in [0.15, 0.2) is 0 Å². The van der Waals surface area contributed by atoms with E-state index in [1.807, 2.05) is 30.0 Å². The van der Waals surface area contributed by atoms with Crippen LogP contribution in [0.3, 0.4) is 0 Å². The highest BCUT2D eigenvalue weighted by molar-refractivity contribution is 5.94. The second-order valence-corrected chi connectivity index (χ2v) is 7.91. The van der Waals surface area contributed by atoms with E-state index < -0.39 is 0 Å². The SMILES string of the molecule is CCN(CC(=O)Nc1ccc(NC(C)=O)cc1)Cc1cccc(C(=O)NCC(C)C)c1. The highest BCUT2D eigenvalue weighted by atomic mass is 16.2.